The Bertz CT molecular complexity index is 487. The Kier molecular flexibility index (Phi) is 5.76. The average Bonchev–Trinajstić information content (AvgIpc) is 2.35. The highest BCUT2D eigenvalue weighted by atomic mass is 16.2. The topological polar surface area (TPSA) is 70.2 Å². The van der Waals surface area contributed by atoms with Gasteiger partial charge in [0.1, 0.15) is 0 Å². The molecule has 0 radical (unpaired) electrons. The monoisotopic (exact) mass is 291 g/mol. The Hall–Kier alpha value is -2.04. The van der Waals surface area contributed by atoms with Crippen LogP contribution in [0, 0.1) is 0 Å². The summed E-state index contributed by atoms with van der Waals surface area (Å²) in [7, 11) is 0. The lowest BCUT2D eigenvalue weighted by Crippen LogP contribution is -2.46. The molecule has 3 amide bonds. The second-order valence-electron chi connectivity index (χ2n) is 6.38. The van der Waals surface area contributed by atoms with Crippen molar-refractivity contribution in [3.8, 4) is 0 Å². The lowest BCUT2D eigenvalue weighted by molar-refractivity contribution is -0.121. The smallest absolute Gasteiger partial charge is 0.319 e. The van der Waals surface area contributed by atoms with Crippen molar-refractivity contribution in [1.29, 1.82) is 0 Å². The fourth-order valence-electron chi connectivity index (χ4n) is 1.75. The number of urea groups is 1. The van der Waals surface area contributed by atoms with Crippen molar-refractivity contribution in [3.63, 3.8) is 0 Å². The number of carbonyl (C=O) groups excluding carboxylic acids is 2. The molecule has 0 bridgehead atoms. The van der Waals surface area contributed by atoms with Crippen LogP contribution in [0.5, 0.6) is 0 Å². The molecule has 0 atom stereocenters. The normalized spacial score (nSPS) is 11.1. The predicted molar refractivity (Wildman–Crippen MR) is 85.4 cm³/mol. The van der Waals surface area contributed by atoms with Crippen molar-refractivity contribution >= 4 is 17.6 Å². The molecular formula is C16H25N3O2. The van der Waals surface area contributed by atoms with E-state index in [2.05, 4.69) is 29.8 Å². The molecule has 3 N–H and O–H groups in total. The summed E-state index contributed by atoms with van der Waals surface area (Å²) in [5.41, 5.74) is 1.61. The summed E-state index contributed by atoms with van der Waals surface area (Å²) in [4.78, 5) is 23.3. The third-order valence-electron chi connectivity index (χ3n) is 2.76. The van der Waals surface area contributed by atoms with Gasteiger partial charge in [-0.1, -0.05) is 26.0 Å². The Labute approximate surface area is 126 Å². The van der Waals surface area contributed by atoms with Crippen LogP contribution in [0.25, 0.3) is 0 Å². The van der Waals surface area contributed by atoms with E-state index in [9.17, 15) is 9.59 Å². The molecule has 5 nitrogen and oxygen atoms in total. The maximum atomic E-state index is 11.7. The predicted octanol–water partition coefficient (Wildman–Crippen LogP) is 2.85. The van der Waals surface area contributed by atoms with Gasteiger partial charge in [0.15, 0.2) is 0 Å². The molecule has 116 valence electrons. The minimum Gasteiger partial charge on any atom is -0.350 e. The van der Waals surface area contributed by atoms with Crippen molar-refractivity contribution in [3.05, 3.63) is 29.8 Å². The number of hydrogen-bond acceptors (Lipinski definition) is 2. The molecule has 0 aliphatic rings. The summed E-state index contributed by atoms with van der Waals surface area (Å²) in [5.74, 6) is 0.238. The van der Waals surface area contributed by atoms with Gasteiger partial charge in [-0.2, -0.15) is 0 Å². The van der Waals surface area contributed by atoms with Crippen molar-refractivity contribution in [2.24, 2.45) is 0 Å². The third-order valence-corrected chi connectivity index (χ3v) is 2.76. The van der Waals surface area contributed by atoms with E-state index in [0.29, 0.717) is 11.6 Å². The molecular weight excluding hydrogens is 266 g/mol. The van der Waals surface area contributed by atoms with Gasteiger partial charge in [0.2, 0.25) is 5.91 Å². The van der Waals surface area contributed by atoms with Gasteiger partial charge in [0.05, 0.1) is 6.54 Å². The van der Waals surface area contributed by atoms with E-state index in [0.717, 1.165) is 0 Å². The van der Waals surface area contributed by atoms with Crippen LogP contribution in [0.4, 0.5) is 10.5 Å². The van der Waals surface area contributed by atoms with E-state index >= 15 is 0 Å². The van der Waals surface area contributed by atoms with Crippen molar-refractivity contribution < 1.29 is 9.59 Å². The average molecular weight is 291 g/mol. The number of rotatable bonds is 4. The van der Waals surface area contributed by atoms with Gasteiger partial charge in [-0.15, -0.1) is 0 Å². The Morgan fingerprint density at radius 2 is 1.67 bits per heavy atom. The number of nitrogens with one attached hydrogen (secondary N) is 3. The first-order valence-electron chi connectivity index (χ1n) is 7.13. The summed E-state index contributed by atoms with van der Waals surface area (Å²) in [6, 6.07) is 7.27. The van der Waals surface area contributed by atoms with E-state index in [4.69, 9.17) is 0 Å². The summed E-state index contributed by atoms with van der Waals surface area (Å²) < 4.78 is 0. The number of anilines is 1. The van der Waals surface area contributed by atoms with Gasteiger partial charge in [-0.25, -0.2) is 4.79 Å². The molecule has 0 spiro atoms. The standard InChI is InChI=1S/C16H25N3O2/c1-11(2)12-6-8-13(9-7-12)18-15(21)17-10-14(20)19-16(3,4)5/h6-9,11H,10H2,1-5H3,(H,19,20)(H2,17,18,21). The Morgan fingerprint density at radius 3 is 2.14 bits per heavy atom. The zero-order chi connectivity index (χ0) is 16.0. The SMILES string of the molecule is CC(C)c1ccc(NC(=O)NCC(=O)NC(C)(C)C)cc1. The molecule has 1 rings (SSSR count). The zero-order valence-corrected chi connectivity index (χ0v) is 13.4. The van der Waals surface area contributed by atoms with E-state index in [-0.39, 0.29) is 18.0 Å². The largest absolute Gasteiger partial charge is 0.350 e. The quantitative estimate of drug-likeness (QED) is 0.798. The molecule has 0 saturated carbocycles. The van der Waals surface area contributed by atoms with Crippen LogP contribution in [0.1, 0.15) is 46.1 Å². The van der Waals surface area contributed by atoms with Crippen LogP contribution in [0.2, 0.25) is 0 Å². The number of benzene rings is 1. The number of carbonyl (C=O) groups is 2. The van der Waals surface area contributed by atoms with Gasteiger partial charge in [0, 0.05) is 11.2 Å². The first-order chi connectivity index (χ1) is 9.67. The highest BCUT2D eigenvalue weighted by Crippen LogP contribution is 2.16. The van der Waals surface area contributed by atoms with E-state index in [1.807, 2.05) is 45.0 Å². The molecule has 0 aliphatic heterocycles. The van der Waals surface area contributed by atoms with Crippen molar-refractivity contribution in [2.45, 2.75) is 46.1 Å². The fourth-order valence-corrected chi connectivity index (χ4v) is 1.75. The van der Waals surface area contributed by atoms with Gasteiger partial charge in [-0.05, 0) is 44.4 Å². The second-order valence-corrected chi connectivity index (χ2v) is 6.38. The van der Waals surface area contributed by atoms with E-state index in [1.54, 1.807) is 0 Å². The van der Waals surface area contributed by atoms with E-state index < -0.39 is 6.03 Å². The van der Waals surface area contributed by atoms with Crippen LogP contribution in [0.3, 0.4) is 0 Å². The molecule has 1 aromatic rings. The molecule has 5 heteroatoms. The van der Waals surface area contributed by atoms with Crippen LogP contribution >= 0.6 is 0 Å². The zero-order valence-electron chi connectivity index (χ0n) is 13.4. The molecule has 0 heterocycles. The van der Waals surface area contributed by atoms with Gasteiger partial charge >= 0.3 is 6.03 Å². The van der Waals surface area contributed by atoms with Gasteiger partial charge < -0.3 is 16.0 Å². The molecule has 0 fully saturated rings. The molecule has 0 saturated heterocycles. The highest BCUT2D eigenvalue weighted by molar-refractivity contribution is 5.92. The van der Waals surface area contributed by atoms with Crippen LogP contribution < -0.4 is 16.0 Å². The minimum atomic E-state index is -0.392. The summed E-state index contributed by atoms with van der Waals surface area (Å²) in [6.45, 7) is 9.85. The number of amides is 3. The molecule has 0 aliphatic carbocycles. The Morgan fingerprint density at radius 1 is 1.10 bits per heavy atom. The second kappa shape index (κ2) is 7.11. The lowest BCUT2D eigenvalue weighted by Gasteiger charge is -2.20. The summed E-state index contributed by atoms with van der Waals surface area (Å²) >= 11 is 0. The lowest BCUT2D eigenvalue weighted by atomic mass is 10.0. The molecule has 21 heavy (non-hydrogen) atoms. The maximum absolute atomic E-state index is 11.7. The minimum absolute atomic E-state index is 0.0484. The van der Waals surface area contributed by atoms with Gasteiger partial charge in [0.25, 0.3) is 0 Å². The first-order valence-corrected chi connectivity index (χ1v) is 7.13. The molecule has 1 aromatic carbocycles. The third kappa shape index (κ3) is 6.79. The molecule has 0 aromatic heterocycles. The summed E-state index contributed by atoms with van der Waals surface area (Å²) in [5, 5.41) is 8.00. The van der Waals surface area contributed by atoms with Crippen LogP contribution in [0.15, 0.2) is 24.3 Å². The maximum Gasteiger partial charge on any atom is 0.319 e. The first kappa shape index (κ1) is 17.0. The summed E-state index contributed by atoms with van der Waals surface area (Å²) in [6.07, 6.45) is 0. The van der Waals surface area contributed by atoms with Gasteiger partial charge in [-0.3, -0.25) is 4.79 Å². The van der Waals surface area contributed by atoms with Crippen LogP contribution in [-0.4, -0.2) is 24.0 Å². The Balaban J connectivity index is 2.42. The highest BCUT2D eigenvalue weighted by Gasteiger charge is 2.14. The van der Waals surface area contributed by atoms with E-state index in [1.165, 1.54) is 5.56 Å². The number of hydrogen-bond donors (Lipinski definition) is 3. The molecule has 0 unspecified atom stereocenters. The fraction of sp³-hybridized carbons (Fsp3) is 0.500. The van der Waals surface area contributed by atoms with Crippen molar-refractivity contribution in [1.82, 2.24) is 10.6 Å². The van der Waals surface area contributed by atoms with Crippen molar-refractivity contribution in [2.75, 3.05) is 11.9 Å². The van der Waals surface area contributed by atoms with Crippen LogP contribution in [-0.2, 0) is 4.79 Å².